The van der Waals surface area contributed by atoms with Gasteiger partial charge in [0, 0.05) is 19.1 Å². The summed E-state index contributed by atoms with van der Waals surface area (Å²) in [4.78, 5) is 5.38. The summed E-state index contributed by atoms with van der Waals surface area (Å²) < 4.78 is 0. The quantitative estimate of drug-likeness (QED) is 0.810. The van der Waals surface area contributed by atoms with E-state index in [4.69, 9.17) is 5.73 Å². The molecule has 2 aliphatic rings. The van der Waals surface area contributed by atoms with Crippen molar-refractivity contribution in [1.29, 1.82) is 0 Å². The van der Waals surface area contributed by atoms with Gasteiger partial charge in [-0.05, 0) is 57.3 Å². The van der Waals surface area contributed by atoms with Crippen molar-refractivity contribution in [3.8, 4) is 0 Å². The number of nitrogens with zero attached hydrogens (tertiary/aromatic N) is 2. The van der Waals surface area contributed by atoms with Crippen LogP contribution in [0, 0.1) is 11.8 Å². The van der Waals surface area contributed by atoms with Gasteiger partial charge in [-0.1, -0.05) is 20.3 Å². The SMILES string of the molecule is CC(C)C(CN)CN1CCC(N2CCCCC2)C1. The molecular weight excluding hydrogens is 222 g/mol. The Morgan fingerprint density at radius 2 is 1.83 bits per heavy atom. The third kappa shape index (κ3) is 3.69. The van der Waals surface area contributed by atoms with Gasteiger partial charge >= 0.3 is 0 Å². The van der Waals surface area contributed by atoms with Crippen LogP contribution in [0.4, 0.5) is 0 Å². The fourth-order valence-electron chi connectivity index (χ4n) is 3.45. The van der Waals surface area contributed by atoms with Gasteiger partial charge in [0.25, 0.3) is 0 Å². The van der Waals surface area contributed by atoms with E-state index in [9.17, 15) is 0 Å². The summed E-state index contributed by atoms with van der Waals surface area (Å²) in [5.41, 5.74) is 5.89. The van der Waals surface area contributed by atoms with Gasteiger partial charge < -0.3 is 10.6 Å². The summed E-state index contributed by atoms with van der Waals surface area (Å²) in [6.07, 6.45) is 5.63. The normalized spacial score (nSPS) is 29.0. The largest absolute Gasteiger partial charge is 0.330 e. The van der Waals surface area contributed by atoms with Gasteiger partial charge in [0.1, 0.15) is 0 Å². The van der Waals surface area contributed by atoms with Crippen LogP contribution < -0.4 is 5.73 Å². The summed E-state index contributed by atoms with van der Waals surface area (Å²) in [5.74, 6) is 1.38. The Morgan fingerprint density at radius 1 is 1.11 bits per heavy atom. The van der Waals surface area contributed by atoms with Crippen molar-refractivity contribution >= 4 is 0 Å². The Labute approximate surface area is 113 Å². The predicted molar refractivity (Wildman–Crippen MR) is 77.7 cm³/mol. The maximum absolute atomic E-state index is 5.89. The number of hydrogen-bond acceptors (Lipinski definition) is 3. The van der Waals surface area contributed by atoms with Crippen LogP contribution in [0.2, 0.25) is 0 Å². The van der Waals surface area contributed by atoms with Crippen molar-refractivity contribution in [1.82, 2.24) is 9.80 Å². The first kappa shape index (κ1) is 14.3. The van der Waals surface area contributed by atoms with Gasteiger partial charge in [-0.2, -0.15) is 0 Å². The van der Waals surface area contributed by atoms with E-state index in [-0.39, 0.29) is 0 Å². The summed E-state index contributed by atoms with van der Waals surface area (Å²) >= 11 is 0. The molecule has 2 fully saturated rings. The minimum Gasteiger partial charge on any atom is -0.330 e. The van der Waals surface area contributed by atoms with Crippen molar-refractivity contribution in [2.45, 2.75) is 45.6 Å². The van der Waals surface area contributed by atoms with Crippen molar-refractivity contribution in [2.24, 2.45) is 17.6 Å². The van der Waals surface area contributed by atoms with Crippen molar-refractivity contribution in [3.63, 3.8) is 0 Å². The number of nitrogens with two attached hydrogens (primary N) is 1. The van der Waals surface area contributed by atoms with Crippen LogP contribution in [-0.2, 0) is 0 Å². The number of hydrogen-bond donors (Lipinski definition) is 1. The maximum Gasteiger partial charge on any atom is 0.0235 e. The fraction of sp³-hybridized carbons (Fsp3) is 1.00. The molecule has 2 unspecified atom stereocenters. The van der Waals surface area contributed by atoms with E-state index in [1.54, 1.807) is 0 Å². The van der Waals surface area contributed by atoms with Crippen LogP contribution in [0.25, 0.3) is 0 Å². The lowest BCUT2D eigenvalue weighted by atomic mass is 9.95. The monoisotopic (exact) mass is 253 g/mol. The molecule has 0 bridgehead atoms. The van der Waals surface area contributed by atoms with Crippen LogP contribution in [0.5, 0.6) is 0 Å². The van der Waals surface area contributed by atoms with Gasteiger partial charge in [-0.15, -0.1) is 0 Å². The molecule has 18 heavy (non-hydrogen) atoms. The standard InChI is InChI=1S/C15H31N3/c1-13(2)14(10-16)11-17-9-6-15(12-17)18-7-4-3-5-8-18/h13-15H,3-12,16H2,1-2H3. The van der Waals surface area contributed by atoms with Crippen LogP contribution in [-0.4, -0.2) is 55.1 Å². The molecule has 0 radical (unpaired) electrons. The first-order valence-corrected chi connectivity index (χ1v) is 7.87. The zero-order chi connectivity index (χ0) is 13.0. The predicted octanol–water partition coefficient (Wildman–Crippen LogP) is 1.78. The molecule has 2 N–H and O–H groups in total. The summed E-state index contributed by atoms with van der Waals surface area (Å²) in [6.45, 7) is 11.9. The number of rotatable bonds is 5. The Balaban J connectivity index is 1.77. The third-order valence-electron chi connectivity index (χ3n) is 4.89. The molecule has 3 nitrogen and oxygen atoms in total. The lowest BCUT2D eigenvalue weighted by Gasteiger charge is -2.32. The van der Waals surface area contributed by atoms with Crippen LogP contribution in [0.1, 0.15) is 39.5 Å². The number of piperidine rings is 1. The molecule has 0 amide bonds. The Hall–Kier alpha value is -0.120. The Morgan fingerprint density at radius 3 is 2.44 bits per heavy atom. The number of likely N-dealkylation sites (tertiary alicyclic amines) is 2. The highest BCUT2D eigenvalue weighted by Crippen LogP contribution is 2.22. The second-order valence-electron chi connectivity index (χ2n) is 6.54. The highest BCUT2D eigenvalue weighted by Gasteiger charge is 2.29. The first-order valence-electron chi connectivity index (χ1n) is 7.87. The van der Waals surface area contributed by atoms with E-state index >= 15 is 0 Å². The Kier molecular flexibility index (Phi) is 5.46. The van der Waals surface area contributed by atoms with Crippen molar-refractivity contribution in [3.05, 3.63) is 0 Å². The first-order chi connectivity index (χ1) is 8.70. The van der Waals surface area contributed by atoms with Crippen LogP contribution in [0.15, 0.2) is 0 Å². The fourth-order valence-corrected chi connectivity index (χ4v) is 3.45. The highest BCUT2D eigenvalue weighted by molar-refractivity contribution is 4.86. The molecule has 2 atom stereocenters. The molecule has 0 saturated carbocycles. The van der Waals surface area contributed by atoms with E-state index in [1.807, 2.05) is 0 Å². The molecule has 2 saturated heterocycles. The molecule has 0 aromatic carbocycles. The minimum atomic E-state index is 0.671. The zero-order valence-electron chi connectivity index (χ0n) is 12.3. The third-order valence-corrected chi connectivity index (χ3v) is 4.89. The zero-order valence-corrected chi connectivity index (χ0v) is 12.3. The van der Waals surface area contributed by atoms with Gasteiger partial charge in [0.15, 0.2) is 0 Å². The topological polar surface area (TPSA) is 32.5 Å². The molecule has 106 valence electrons. The smallest absolute Gasteiger partial charge is 0.0235 e. The summed E-state index contributed by atoms with van der Waals surface area (Å²) in [5, 5.41) is 0. The molecular formula is C15H31N3. The molecule has 0 aromatic heterocycles. The molecule has 0 spiro atoms. The average Bonchev–Trinajstić information content (AvgIpc) is 2.85. The second-order valence-corrected chi connectivity index (χ2v) is 6.54. The van der Waals surface area contributed by atoms with Crippen molar-refractivity contribution < 1.29 is 0 Å². The van der Waals surface area contributed by atoms with Gasteiger partial charge in [-0.25, -0.2) is 0 Å². The van der Waals surface area contributed by atoms with E-state index in [1.165, 1.54) is 58.4 Å². The summed E-state index contributed by atoms with van der Waals surface area (Å²) in [7, 11) is 0. The maximum atomic E-state index is 5.89. The molecule has 2 aliphatic heterocycles. The lowest BCUT2D eigenvalue weighted by Crippen LogP contribution is -2.42. The van der Waals surface area contributed by atoms with Crippen molar-refractivity contribution in [2.75, 3.05) is 39.3 Å². The van der Waals surface area contributed by atoms with E-state index in [0.717, 1.165) is 12.6 Å². The van der Waals surface area contributed by atoms with E-state index in [0.29, 0.717) is 11.8 Å². The lowest BCUT2D eigenvalue weighted by molar-refractivity contribution is 0.155. The second kappa shape index (κ2) is 6.88. The van der Waals surface area contributed by atoms with E-state index in [2.05, 4.69) is 23.6 Å². The van der Waals surface area contributed by atoms with Crippen LogP contribution >= 0.6 is 0 Å². The highest BCUT2D eigenvalue weighted by atomic mass is 15.3. The molecule has 2 heterocycles. The molecule has 0 aromatic rings. The van der Waals surface area contributed by atoms with Gasteiger partial charge in [0.05, 0.1) is 0 Å². The van der Waals surface area contributed by atoms with E-state index < -0.39 is 0 Å². The summed E-state index contributed by atoms with van der Waals surface area (Å²) in [6, 6.07) is 0.830. The van der Waals surface area contributed by atoms with Gasteiger partial charge in [0.2, 0.25) is 0 Å². The molecule has 0 aliphatic carbocycles. The Bertz CT molecular complexity index is 236. The minimum absolute atomic E-state index is 0.671. The molecule has 2 rings (SSSR count). The van der Waals surface area contributed by atoms with Gasteiger partial charge in [-0.3, -0.25) is 4.90 Å². The molecule has 3 heteroatoms. The van der Waals surface area contributed by atoms with Crippen LogP contribution in [0.3, 0.4) is 0 Å². The average molecular weight is 253 g/mol.